The Morgan fingerprint density at radius 2 is 2.07 bits per heavy atom. The van der Waals surface area contributed by atoms with Crippen LogP contribution in [0.25, 0.3) is 0 Å². The lowest BCUT2D eigenvalue weighted by Gasteiger charge is -2.21. The van der Waals surface area contributed by atoms with Crippen molar-refractivity contribution in [3.05, 3.63) is 0 Å². The van der Waals surface area contributed by atoms with Gasteiger partial charge in [0.2, 0.25) is 10.0 Å². The van der Waals surface area contributed by atoms with Gasteiger partial charge in [-0.25, -0.2) is 13.1 Å². The minimum absolute atomic E-state index is 0.173. The van der Waals surface area contributed by atoms with Crippen molar-refractivity contribution < 1.29 is 13.5 Å². The molecule has 0 amide bonds. The van der Waals surface area contributed by atoms with Crippen LogP contribution in [-0.4, -0.2) is 32.4 Å². The van der Waals surface area contributed by atoms with Crippen molar-refractivity contribution in [2.24, 2.45) is 17.8 Å². The Morgan fingerprint density at radius 3 is 2.60 bits per heavy atom. The molecule has 0 aromatic heterocycles. The van der Waals surface area contributed by atoms with Crippen molar-refractivity contribution in [3.63, 3.8) is 0 Å². The Balaban J connectivity index is 1.79. The fraction of sp³-hybridized carbons (Fsp3) is 1.00. The van der Waals surface area contributed by atoms with Crippen molar-refractivity contribution in [3.8, 4) is 0 Å². The third kappa shape index (κ3) is 2.71. The predicted octanol–water partition coefficient (Wildman–Crippen LogP) is 0.334. The molecule has 0 saturated heterocycles. The van der Waals surface area contributed by atoms with Gasteiger partial charge in [0.05, 0.1) is 12.4 Å². The van der Waals surface area contributed by atoms with Crippen LogP contribution >= 0.6 is 0 Å². The van der Waals surface area contributed by atoms with Crippen LogP contribution in [0.2, 0.25) is 0 Å². The maximum atomic E-state index is 11.3. The average molecular weight is 233 g/mol. The minimum atomic E-state index is -3.24. The minimum Gasteiger partial charge on any atom is -0.395 e. The monoisotopic (exact) mass is 233 g/mol. The number of hydrogen-bond acceptors (Lipinski definition) is 3. The lowest BCUT2D eigenvalue weighted by molar-refractivity contribution is 0.316. The molecule has 4 nitrogen and oxygen atoms in total. The number of sulfonamides is 1. The van der Waals surface area contributed by atoms with Crippen LogP contribution in [0.15, 0.2) is 0 Å². The van der Waals surface area contributed by atoms with Gasteiger partial charge in [0.15, 0.2) is 0 Å². The summed E-state index contributed by atoms with van der Waals surface area (Å²) in [6.45, 7) is 0.273. The highest BCUT2D eigenvalue weighted by atomic mass is 32.2. The zero-order valence-electron chi connectivity index (χ0n) is 8.85. The fourth-order valence-corrected chi connectivity index (χ4v) is 3.91. The summed E-state index contributed by atoms with van der Waals surface area (Å²) in [5.74, 6) is 1.96. The molecule has 2 aliphatic carbocycles. The number of hydrogen-bond donors (Lipinski definition) is 2. The van der Waals surface area contributed by atoms with Crippen LogP contribution in [0.1, 0.15) is 25.7 Å². The van der Waals surface area contributed by atoms with Crippen LogP contribution in [0.5, 0.6) is 0 Å². The van der Waals surface area contributed by atoms with E-state index in [0.29, 0.717) is 12.5 Å². The molecular formula is C10H19NO3S. The number of fused-ring (bicyclic) bond motifs is 2. The molecule has 2 saturated carbocycles. The van der Waals surface area contributed by atoms with E-state index in [4.69, 9.17) is 5.11 Å². The van der Waals surface area contributed by atoms with Gasteiger partial charge in [-0.1, -0.05) is 6.42 Å². The SMILES string of the molecule is O=S(=O)(CCO)NCC1CC2CCC1C2. The Bertz CT molecular complexity index is 315. The summed E-state index contributed by atoms with van der Waals surface area (Å²) < 4.78 is 25.2. The summed E-state index contributed by atoms with van der Waals surface area (Å²) in [5, 5.41) is 8.58. The van der Waals surface area contributed by atoms with Crippen molar-refractivity contribution in [1.82, 2.24) is 4.72 Å². The van der Waals surface area contributed by atoms with Crippen LogP contribution in [-0.2, 0) is 10.0 Å². The summed E-state index contributed by atoms with van der Waals surface area (Å²) in [4.78, 5) is 0. The maximum Gasteiger partial charge on any atom is 0.213 e. The van der Waals surface area contributed by atoms with E-state index in [2.05, 4.69) is 4.72 Å². The molecule has 0 radical (unpaired) electrons. The lowest BCUT2D eigenvalue weighted by Crippen LogP contribution is -2.34. The Kier molecular flexibility index (Phi) is 3.33. The molecular weight excluding hydrogens is 214 g/mol. The van der Waals surface area contributed by atoms with Gasteiger partial charge in [-0.05, 0) is 37.0 Å². The molecule has 0 aliphatic heterocycles. The zero-order chi connectivity index (χ0) is 10.9. The number of nitrogens with one attached hydrogen (secondary N) is 1. The quantitative estimate of drug-likeness (QED) is 0.719. The van der Waals surface area contributed by atoms with Crippen molar-refractivity contribution in [2.75, 3.05) is 18.9 Å². The number of aliphatic hydroxyl groups is 1. The second kappa shape index (κ2) is 4.39. The molecule has 2 rings (SSSR count). The first kappa shape index (κ1) is 11.4. The van der Waals surface area contributed by atoms with Gasteiger partial charge in [-0.3, -0.25) is 0 Å². The normalized spacial score (nSPS) is 34.9. The molecule has 2 fully saturated rings. The van der Waals surface area contributed by atoms with E-state index >= 15 is 0 Å². The van der Waals surface area contributed by atoms with E-state index in [0.717, 1.165) is 11.8 Å². The lowest BCUT2D eigenvalue weighted by atomic mass is 9.89. The van der Waals surface area contributed by atoms with Gasteiger partial charge in [-0.15, -0.1) is 0 Å². The van der Waals surface area contributed by atoms with Gasteiger partial charge in [-0.2, -0.15) is 0 Å². The predicted molar refractivity (Wildman–Crippen MR) is 57.8 cm³/mol. The van der Waals surface area contributed by atoms with E-state index in [9.17, 15) is 8.42 Å². The van der Waals surface area contributed by atoms with Gasteiger partial charge in [0.25, 0.3) is 0 Å². The largest absolute Gasteiger partial charge is 0.395 e. The second-order valence-corrected chi connectivity index (χ2v) is 6.75. The Morgan fingerprint density at radius 1 is 1.27 bits per heavy atom. The molecule has 2 bridgehead atoms. The van der Waals surface area contributed by atoms with E-state index in [1.165, 1.54) is 25.7 Å². The topological polar surface area (TPSA) is 66.4 Å². The molecule has 5 heteroatoms. The fourth-order valence-electron chi connectivity index (χ4n) is 3.05. The first-order valence-corrected chi connectivity index (χ1v) is 7.34. The highest BCUT2D eigenvalue weighted by Crippen LogP contribution is 2.47. The third-order valence-electron chi connectivity index (χ3n) is 3.81. The van der Waals surface area contributed by atoms with Gasteiger partial charge in [0.1, 0.15) is 0 Å². The molecule has 15 heavy (non-hydrogen) atoms. The molecule has 3 atom stereocenters. The van der Waals surface area contributed by atoms with Gasteiger partial charge < -0.3 is 5.11 Å². The van der Waals surface area contributed by atoms with Crippen molar-refractivity contribution in [1.29, 1.82) is 0 Å². The average Bonchev–Trinajstić information content (AvgIpc) is 2.75. The molecule has 2 aliphatic rings. The van der Waals surface area contributed by atoms with Crippen LogP contribution in [0.3, 0.4) is 0 Å². The van der Waals surface area contributed by atoms with E-state index < -0.39 is 10.0 Å². The maximum absolute atomic E-state index is 11.3. The van der Waals surface area contributed by atoms with E-state index in [-0.39, 0.29) is 12.4 Å². The Labute approximate surface area is 91.1 Å². The van der Waals surface area contributed by atoms with Crippen LogP contribution < -0.4 is 4.72 Å². The number of aliphatic hydroxyl groups excluding tert-OH is 1. The molecule has 2 N–H and O–H groups in total. The summed E-state index contributed by atoms with van der Waals surface area (Å²) in [7, 11) is -3.24. The molecule has 0 spiro atoms. The van der Waals surface area contributed by atoms with Crippen molar-refractivity contribution >= 4 is 10.0 Å². The molecule has 0 aromatic rings. The summed E-state index contributed by atoms with van der Waals surface area (Å²) in [6, 6.07) is 0. The molecule has 0 aromatic carbocycles. The highest BCUT2D eigenvalue weighted by Gasteiger charge is 2.39. The van der Waals surface area contributed by atoms with Crippen LogP contribution in [0.4, 0.5) is 0 Å². The summed E-state index contributed by atoms with van der Waals surface area (Å²) in [5.41, 5.74) is 0. The second-order valence-electron chi connectivity index (χ2n) is 4.83. The Hall–Kier alpha value is -0.130. The molecule has 88 valence electrons. The standard InChI is InChI=1S/C10H19NO3S/c12-3-4-15(13,14)11-7-10-6-8-1-2-9(10)5-8/h8-12H,1-7H2. The van der Waals surface area contributed by atoms with Gasteiger partial charge in [0, 0.05) is 6.54 Å². The van der Waals surface area contributed by atoms with Crippen LogP contribution in [0, 0.1) is 17.8 Å². The molecule has 3 unspecified atom stereocenters. The third-order valence-corrected chi connectivity index (χ3v) is 5.14. The first-order valence-electron chi connectivity index (χ1n) is 5.69. The van der Waals surface area contributed by atoms with E-state index in [1.807, 2.05) is 0 Å². The zero-order valence-corrected chi connectivity index (χ0v) is 9.67. The number of rotatable bonds is 5. The molecule has 0 heterocycles. The van der Waals surface area contributed by atoms with Gasteiger partial charge >= 0.3 is 0 Å². The van der Waals surface area contributed by atoms with Crippen molar-refractivity contribution in [2.45, 2.75) is 25.7 Å². The van der Waals surface area contributed by atoms with E-state index in [1.54, 1.807) is 0 Å². The first-order chi connectivity index (χ1) is 7.11. The smallest absolute Gasteiger partial charge is 0.213 e. The summed E-state index contributed by atoms with van der Waals surface area (Å²) >= 11 is 0. The summed E-state index contributed by atoms with van der Waals surface area (Å²) in [6.07, 6.45) is 5.10. The highest BCUT2D eigenvalue weighted by molar-refractivity contribution is 7.89.